The molecule has 0 aliphatic heterocycles. The van der Waals surface area contributed by atoms with Crippen molar-refractivity contribution in [2.75, 3.05) is 13.7 Å². The van der Waals surface area contributed by atoms with E-state index in [0.717, 1.165) is 17.7 Å². The zero-order valence-electron chi connectivity index (χ0n) is 9.81. The van der Waals surface area contributed by atoms with Crippen molar-refractivity contribution in [3.8, 4) is 5.75 Å². The summed E-state index contributed by atoms with van der Waals surface area (Å²) in [5.74, 6) is 1.41. The Kier molecular flexibility index (Phi) is 5.49. The Morgan fingerprint density at radius 1 is 1.38 bits per heavy atom. The molecule has 2 unspecified atom stereocenters. The molecule has 2 N–H and O–H groups in total. The molecule has 0 saturated heterocycles. The third-order valence-corrected chi connectivity index (χ3v) is 4.24. The maximum atomic E-state index is 11.9. The third kappa shape index (κ3) is 3.94. The molecule has 0 heterocycles. The van der Waals surface area contributed by atoms with Gasteiger partial charge in [-0.05, 0) is 30.7 Å². The fourth-order valence-corrected chi connectivity index (χ4v) is 2.60. The van der Waals surface area contributed by atoms with E-state index in [4.69, 9.17) is 10.5 Å². The van der Waals surface area contributed by atoms with Crippen molar-refractivity contribution in [1.29, 1.82) is 0 Å². The zero-order chi connectivity index (χ0) is 12.0. The Balaban J connectivity index is 2.55. The Hall–Kier alpha value is -0.870. The summed E-state index contributed by atoms with van der Waals surface area (Å²) < 4.78 is 16.9. The average molecular weight is 241 g/mol. The lowest BCUT2D eigenvalue weighted by atomic mass is 10.2. The van der Waals surface area contributed by atoms with Crippen molar-refractivity contribution in [2.45, 2.75) is 24.3 Å². The first kappa shape index (κ1) is 13.2. The average Bonchev–Trinajstić information content (AvgIpc) is 2.30. The van der Waals surface area contributed by atoms with Gasteiger partial charge in [-0.25, -0.2) is 0 Å². The predicted octanol–water partition coefficient (Wildman–Crippen LogP) is 1.68. The minimum atomic E-state index is -0.845. The van der Waals surface area contributed by atoms with Crippen molar-refractivity contribution in [2.24, 2.45) is 5.73 Å². The fourth-order valence-electron chi connectivity index (χ4n) is 1.39. The SMILES string of the molecule is COc1ccc(CS(=O)C(C)CCN)cc1. The quantitative estimate of drug-likeness (QED) is 0.824. The molecular formula is C12H19NO2S. The highest BCUT2D eigenvalue weighted by atomic mass is 32.2. The van der Waals surface area contributed by atoms with Gasteiger partial charge >= 0.3 is 0 Å². The van der Waals surface area contributed by atoms with Gasteiger partial charge in [0.25, 0.3) is 0 Å². The van der Waals surface area contributed by atoms with E-state index in [9.17, 15) is 4.21 Å². The van der Waals surface area contributed by atoms with Crippen LogP contribution in [0.2, 0.25) is 0 Å². The molecule has 1 rings (SSSR count). The summed E-state index contributed by atoms with van der Waals surface area (Å²) in [6.45, 7) is 2.57. The van der Waals surface area contributed by atoms with E-state index >= 15 is 0 Å². The molecule has 1 aromatic carbocycles. The molecular weight excluding hydrogens is 222 g/mol. The van der Waals surface area contributed by atoms with Gasteiger partial charge in [0.05, 0.1) is 7.11 Å². The van der Waals surface area contributed by atoms with Crippen molar-refractivity contribution in [3.63, 3.8) is 0 Å². The first-order chi connectivity index (χ1) is 7.67. The predicted molar refractivity (Wildman–Crippen MR) is 68.0 cm³/mol. The van der Waals surface area contributed by atoms with Crippen LogP contribution in [0.4, 0.5) is 0 Å². The van der Waals surface area contributed by atoms with E-state index in [2.05, 4.69) is 0 Å². The number of hydrogen-bond acceptors (Lipinski definition) is 3. The van der Waals surface area contributed by atoms with Gasteiger partial charge in [0.2, 0.25) is 0 Å². The number of methoxy groups -OCH3 is 1. The van der Waals surface area contributed by atoms with E-state index in [1.807, 2.05) is 31.2 Å². The molecule has 0 amide bonds. The van der Waals surface area contributed by atoms with Crippen LogP contribution in [0.25, 0.3) is 0 Å². The monoisotopic (exact) mass is 241 g/mol. The van der Waals surface area contributed by atoms with E-state index in [-0.39, 0.29) is 5.25 Å². The first-order valence-corrected chi connectivity index (χ1v) is 6.75. The van der Waals surface area contributed by atoms with Crippen LogP contribution in [-0.4, -0.2) is 23.1 Å². The molecule has 4 heteroatoms. The van der Waals surface area contributed by atoms with Gasteiger partial charge < -0.3 is 10.5 Å². The standard InChI is InChI=1S/C12H19NO2S/c1-10(7-8-13)16(14)9-11-3-5-12(15-2)6-4-11/h3-6,10H,7-9,13H2,1-2H3. The molecule has 16 heavy (non-hydrogen) atoms. The van der Waals surface area contributed by atoms with E-state index in [0.29, 0.717) is 12.3 Å². The third-order valence-electron chi connectivity index (χ3n) is 2.49. The topological polar surface area (TPSA) is 52.3 Å². The lowest BCUT2D eigenvalue weighted by Crippen LogP contribution is -2.17. The molecule has 0 saturated carbocycles. The summed E-state index contributed by atoms with van der Waals surface area (Å²) in [6, 6.07) is 7.68. The number of rotatable bonds is 6. The van der Waals surface area contributed by atoms with Crippen LogP contribution in [-0.2, 0) is 16.6 Å². The molecule has 0 aliphatic carbocycles. The Morgan fingerprint density at radius 2 is 2.00 bits per heavy atom. The van der Waals surface area contributed by atoms with E-state index < -0.39 is 10.8 Å². The van der Waals surface area contributed by atoms with Crippen LogP contribution in [0.1, 0.15) is 18.9 Å². The van der Waals surface area contributed by atoms with Gasteiger partial charge in [0, 0.05) is 21.8 Å². The number of nitrogens with two attached hydrogens (primary N) is 1. The van der Waals surface area contributed by atoms with Crippen LogP contribution >= 0.6 is 0 Å². The lowest BCUT2D eigenvalue weighted by Gasteiger charge is -2.10. The van der Waals surface area contributed by atoms with Crippen molar-refractivity contribution in [3.05, 3.63) is 29.8 Å². The highest BCUT2D eigenvalue weighted by Gasteiger charge is 2.10. The molecule has 1 aromatic rings. The minimum absolute atomic E-state index is 0.159. The highest BCUT2D eigenvalue weighted by Crippen LogP contribution is 2.14. The van der Waals surface area contributed by atoms with Gasteiger partial charge in [-0.3, -0.25) is 4.21 Å². The summed E-state index contributed by atoms with van der Waals surface area (Å²) in [4.78, 5) is 0. The van der Waals surface area contributed by atoms with Gasteiger partial charge in [-0.2, -0.15) is 0 Å². The van der Waals surface area contributed by atoms with Crippen LogP contribution in [0, 0.1) is 0 Å². The summed E-state index contributed by atoms with van der Waals surface area (Å²) in [5, 5.41) is 0.159. The summed E-state index contributed by atoms with van der Waals surface area (Å²) >= 11 is 0. The number of ether oxygens (including phenoxy) is 1. The van der Waals surface area contributed by atoms with Crippen LogP contribution in [0.15, 0.2) is 24.3 Å². The normalized spacial score (nSPS) is 14.4. The zero-order valence-corrected chi connectivity index (χ0v) is 10.6. The van der Waals surface area contributed by atoms with Crippen molar-refractivity contribution >= 4 is 10.8 Å². The smallest absolute Gasteiger partial charge is 0.118 e. The summed E-state index contributed by atoms with van der Waals surface area (Å²) in [5.41, 5.74) is 6.52. The largest absolute Gasteiger partial charge is 0.497 e. The maximum Gasteiger partial charge on any atom is 0.118 e. The molecule has 0 radical (unpaired) electrons. The van der Waals surface area contributed by atoms with E-state index in [1.165, 1.54) is 0 Å². The second-order valence-electron chi connectivity index (χ2n) is 3.76. The maximum absolute atomic E-state index is 11.9. The molecule has 3 nitrogen and oxygen atoms in total. The Morgan fingerprint density at radius 3 is 2.50 bits per heavy atom. The second kappa shape index (κ2) is 6.66. The lowest BCUT2D eigenvalue weighted by molar-refractivity contribution is 0.414. The minimum Gasteiger partial charge on any atom is -0.497 e. The van der Waals surface area contributed by atoms with E-state index in [1.54, 1.807) is 7.11 Å². The van der Waals surface area contributed by atoms with Gasteiger partial charge in [0.15, 0.2) is 0 Å². The molecule has 0 aromatic heterocycles. The van der Waals surface area contributed by atoms with Crippen LogP contribution < -0.4 is 10.5 Å². The van der Waals surface area contributed by atoms with Crippen molar-refractivity contribution in [1.82, 2.24) is 0 Å². The first-order valence-electron chi connectivity index (χ1n) is 5.37. The fraction of sp³-hybridized carbons (Fsp3) is 0.500. The Labute approximate surface area is 99.4 Å². The van der Waals surface area contributed by atoms with Gasteiger partial charge in [0.1, 0.15) is 5.75 Å². The molecule has 90 valence electrons. The number of benzene rings is 1. The molecule has 2 atom stereocenters. The Bertz CT molecular complexity index is 337. The molecule has 0 aliphatic rings. The second-order valence-corrected chi connectivity index (χ2v) is 5.62. The van der Waals surface area contributed by atoms with Crippen LogP contribution in [0.3, 0.4) is 0 Å². The summed E-state index contributed by atoms with van der Waals surface area (Å²) in [6.07, 6.45) is 0.808. The van der Waals surface area contributed by atoms with Crippen LogP contribution in [0.5, 0.6) is 5.75 Å². The number of hydrogen-bond donors (Lipinski definition) is 1. The van der Waals surface area contributed by atoms with Gasteiger partial charge in [-0.1, -0.05) is 19.1 Å². The van der Waals surface area contributed by atoms with Crippen molar-refractivity contribution < 1.29 is 8.95 Å². The van der Waals surface area contributed by atoms with Gasteiger partial charge in [-0.15, -0.1) is 0 Å². The summed E-state index contributed by atoms with van der Waals surface area (Å²) in [7, 11) is 0.790. The molecule has 0 spiro atoms. The molecule has 0 fully saturated rings. The highest BCUT2D eigenvalue weighted by molar-refractivity contribution is 7.84. The molecule has 0 bridgehead atoms.